The van der Waals surface area contributed by atoms with Crippen molar-refractivity contribution in [2.24, 2.45) is 0 Å². The highest BCUT2D eigenvalue weighted by atomic mass is 32.2. The van der Waals surface area contributed by atoms with Gasteiger partial charge in [0.05, 0.1) is 37.9 Å². The maximum atomic E-state index is 12.7. The number of H-pyrrole nitrogens is 1. The van der Waals surface area contributed by atoms with Gasteiger partial charge in [0.25, 0.3) is 0 Å². The van der Waals surface area contributed by atoms with E-state index in [1.165, 1.54) is 23.1 Å². The molecule has 8 nitrogen and oxygen atoms in total. The van der Waals surface area contributed by atoms with Crippen LogP contribution in [-0.4, -0.2) is 47.4 Å². The first-order chi connectivity index (χ1) is 20.1. The molecule has 2 N–H and O–H groups in total. The van der Waals surface area contributed by atoms with Crippen LogP contribution in [0.5, 0.6) is 17.2 Å². The van der Waals surface area contributed by atoms with Crippen LogP contribution in [0.25, 0.3) is 33.8 Å². The lowest BCUT2D eigenvalue weighted by Crippen LogP contribution is -2.12. The number of hydrogen-bond donors (Lipinski definition) is 2. The number of nitrogens with one attached hydrogen (secondary N) is 2. The molecule has 0 fully saturated rings. The SMILES string of the molecule is CCOc1ccc(-c2csc(NC(=O)CCSc3nc(-c4ccc(OC)cc4)c(-c4ccc(OC)cc4)[nH]3)n2)cc1. The number of aromatic amines is 1. The second-order valence-electron chi connectivity index (χ2n) is 8.86. The predicted octanol–water partition coefficient (Wildman–Crippen LogP) is 7.40. The van der Waals surface area contributed by atoms with Crippen molar-refractivity contribution in [2.75, 3.05) is 31.9 Å². The monoisotopic (exact) mass is 586 g/mol. The lowest BCUT2D eigenvalue weighted by atomic mass is 10.0. The molecule has 5 rings (SSSR count). The molecule has 5 aromatic rings. The standard InChI is InChI=1S/C31H30N4O4S2/c1-4-39-25-15-5-20(6-16-25)26-19-41-30(32-26)33-27(36)17-18-40-31-34-28(21-7-11-23(37-2)12-8-21)29(35-31)22-9-13-24(38-3)14-10-22/h5-16,19H,4,17-18H2,1-3H3,(H,34,35)(H,32,33,36). The zero-order chi connectivity index (χ0) is 28.6. The van der Waals surface area contributed by atoms with Gasteiger partial charge >= 0.3 is 0 Å². The molecular formula is C31H30N4O4S2. The second-order valence-corrected chi connectivity index (χ2v) is 10.8. The predicted molar refractivity (Wildman–Crippen MR) is 165 cm³/mol. The molecule has 0 atom stereocenters. The maximum absolute atomic E-state index is 12.7. The number of thiazole rings is 1. The van der Waals surface area contributed by atoms with Crippen molar-refractivity contribution in [3.8, 4) is 51.0 Å². The Morgan fingerprint density at radius 1 is 0.854 bits per heavy atom. The van der Waals surface area contributed by atoms with Gasteiger partial charge in [-0.1, -0.05) is 11.8 Å². The minimum atomic E-state index is -0.0950. The minimum Gasteiger partial charge on any atom is -0.497 e. The highest BCUT2D eigenvalue weighted by Crippen LogP contribution is 2.34. The van der Waals surface area contributed by atoms with Crippen LogP contribution in [0.2, 0.25) is 0 Å². The molecule has 41 heavy (non-hydrogen) atoms. The van der Waals surface area contributed by atoms with Crippen LogP contribution in [0.3, 0.4) is 0 Å². The van der Waals surface area contributed by atoms with Crippen molar-refractivity contribution in [2.45, 2.75) is 18.5 Å². The van der Waals surface area contributed by atoms with Crippen molar-refractivity contribution in [3.63, 3.8) is 0 Å². The van der Waals surface area contributed by atoms with Crippen molar-refractivity contribution in [3.05, 3.63) is 78.2 Å². The number of aromatic nitrogens is 3. The molecule has 0 aliphatic carbocycles. The van der Waals surface area contributed by atoms with Gasteiger partial charge < -0.3 is 24.5 Å². The third kappa shape index (κ3) is 7.08. The largest absolute Gasteiger partial charge is 0.497 e. The average Bonchev–Trinajstić information content (AvgIpc) is 3.65. The summed E-state index contributed by atoms with van der Waals surface area (Å²) in [5.41, 5.74) is 5.46. The number of carbonyl (C=O) groups excluding carboxylic acids is 1. The van der Waals surface area contributed by atoms with E-state index >= 15 is 0 Å². The Balaban J connectivity index is 1.23. The smallest absolute Gasteiger partial charge is 0.226 e. The molecule has 0 bridgehead atoms. The number of benzene rings is 3. The first-order valence-corrected chi connectivity index (χ1v) is 14.9. The van der Waals surface area contributed by atoms with E-state index in [0.717, 1.165) is 56.2 Å². The van der Waals surface area contributed by atoms with Gasteiger partial charge in [0.15, 0.2) is 10.3 Å². The zero-order valence-corrected chi connectivity index (χ0v) is 24.6. The van der Waals surface area contributed by atoms with E-state index in [2.05, 4.69) is 15.3 Å². The van der Waals surface area contributed by atoms with Crippen LogP contribution in [0, 0.1) is 0 Å². The Morgan fingerprint density at radius 2 is 1.46 bits per heavy atom. The minimum absolute atomic E-state index is 0.0950. The number of ether oxygens (including phenoxy) is 3. The average molecular weight is 587 g/mol. The summed E-state index contributed by atoms with van der Waals surface area (Å²) >= 11 is 2.91. The highest BCUT2D eigenvalue weighted by molar-refractivity contribution is 7.99. The number of nitrogens with zero attached hydrogens (tertiary/aromatic N) is 2. The summed E-state index contributed by atoms with van der Waals surface area (Å²) in [4.78, 5) is 25.6. The summed E-state index contributed by atoms with van der Waals surface area (Å²) in [6.45, 7) is 2.58. The molecule has 0 aliphatic heterocycles. The van der Waals surface area contributed by atoms with E-state index in [4.69, 9.17) is 19.2 Å². The fraction of sp³-hybridized carbons (Fsp3) is 0.194. The quantitative estimate of drug-likeness (QED) is 0.147. The molecule has 2 heterocycles. The van der Waals surface area contributed by atoms with E-state index in [-0.39, 0.29) is 5.91 Å². The van der Waals surface area contributed by atoms with Gasteiger partial charge in [-0.25, -0.2) is 9.97 Å². The lowest BCUT2D eigenvalue weighted by Gasteiger charge is -2.06. The van der Waals surface area contributed by atoms with E-state index in [0.29, 0.717) is 23.9 Å². The fourth-order valence-corrected chi connectivity index (χ4v) is 5.67. The number of carbonyl (C=O) groups is 1. The number of amides is 1. The van der Waals surface area contributed by atoms with Gasteiger partial charge in [0.1, 0.15) is 17.2 Å². The molecule has 0 saturated heterocycles. The Kier molecular flexibility index (Phi) is 9.22. The first-order valence-electron chi connectivity index (χ1n) is 13.1. The molecule has 0 unspecified atom stereocenters. The van der Waals surface area contributed by atoms with Gasteiger partial charge in [-0.2, -0.15) is 0 Å². The Labute approximate surface area is 247 Å². The van der Waals surface area contributed by atoms with Crippen LogP contribution in [0.15, 0.2) is 83.3 Å². The van der Waals surface area contributed by atoms with Gasteiger partial charge in [-0.15, -0.1) is 11.3 Å². The Morgan fingerprint density at radius 3 is 2.10 bits per heavy atom. The molecule has 3 aromatic carbocycles. The normalized spacial score (nSPS) is 10.8. The number of hydrogen-bond acceptors (Lipinski definition) is 8. The summed E-state index contributed by atoms with van der Waals surface area (Å²) in [6.07, 6.45) is 0.319. The van der Waals surface area contributed by atoms with Crippen molar-refractivity contribution < 1.29 is 19.0 Å². The van der Waals surface area contributed by atoms with Gasteiger partial charge in [0.2, 0.25) is 5.91 Å². The molecule has 1 amide bonds. The summed E-state index contributed by atoms with van der Waals surface area (Å²) in [6, 6.07) is 23.4. The Bertz CT molecular complexity index is 1520. The number of anilines is 1. The highest BCUT2D eigenvalue weighted by Gasteiger charge is 2.16. The van der Waals surface area contributed by atoms with E-state index in [9.17, 15) is 4.79 Å². The van der Waals surface area contributed by atoms with Crippen LogP contribution in [-0.2, 0) is 4.79 Å². The molecule has 10 heteroatoms. The van der Waals surface area contributed by atoms with Crippen LogP contribution in [0.1, 0.15) is 13.3 Å². The Hall–Kier alpha value is -4.28. The number of methoxy groups -OCH3 is 2. The van der Waals surface area contributed by atoms with Crippen LogP contribution < -0.4 is 19.5 Å². The molecule has 0 saturated carbocycles. The summed E-state index contributed by atoms with van der Waals surface area (Å²) in [5.74, 6) is 2.85. The summed E-state index contributed by atoms with van der Waals surface area (Å²) < 4.78 is 16.1. The lowest BCUT2D eigenvalue weighted by molar-refractivity contribution is -0.115. The second kappa shape index (κ2) is 13.4. The third-order valence-electron chi connectivity index (χ3n) is 6.20. The van der Waals surface area contributed by atoms with Crippen molar-refractivity contribution in [1.29, 1.82) is 0 Å². The van der Waals surface area contributed by atoms with Crippen LogP contribution in [0.4, 0.5) is 5.13 Å². The molecule has 2 aromatic heterocycles. The third-order valence-corrected chi connectivity index (χ3v) is 7.84. The van der Waals surface area contributed by atoms with E-state index in [1.54, 1.807) is 14.2 Å². The van der Waals surface area contributed by atoms with E-state index in [1.807, 2.05) is 85.1 Å². The molecule has 0 spiro atoms. The number of imidazole rings is 1. The summed E-state index contributed by atoms with van der Waals surface area (Å²) in [7, 11) is 3.29. The number of rotatable bonds is 12. The van der Waals surface area contributed by atoms with Gasteiger partial charge in [-0.3, -0.25) is 4.79 Å². The fourth-order valence-electron chi connectivity index (χ4n) is 4.12. The molecule has 0 aliphatic rings. The number of thioether (sulfide) groups is 1. The van der Waals surface area contributed by atoms with E-state index < -0.39 is 0 Å². The summed E-state index contributed by atoms with van der Waals surface area (Å²) in [5, 5.41) is 6.16. The topological polar surface area (TPSA) is 98.4 Å². The molecule has 210 valence electrons. The first kappa shape index (κ1) is 28.3. The molecule has 0 radical (unpaired) electrons. The van der Waals surface area contributed by atoms with Gasteiger partial charge in [0, 0.05) is 34.2 Å². The van der Waals surface area contributed by atoms with Gasteiger partial charge in [-0.05, 0) is 79.7 Å². The zero-order valence-electron chi connectivity index (χ0n) is 23.0. The molecular weight excluding hydrogens is 556 g/mol. The van der Waals surface area contributed by atoms with Crippen molar-refractivity contribution >= 4 is 34.1 Å². The maximum Gasteiger partial charge on any atom is 0.226 e. The van der Waals surface area contributed by atoms with Crippen LogP contribution >= 0.6 is 23.1 Å². The van der Waals surface area contributed by atoms with Crippen molar-refractivity contribution in [1.82, 2.24) is 15.0 Å².